The summed E-state index contributed by atoms with van der Waals surface area (Å²) in [6.07, 6.45) is 0. The summed E-state index contributed by atoms with van der Waals surface area (Å²) in [5.74, 6) is 0. The average Bonchev–Trinajstić information content (AvgIpc) is 2.94. The molecule has 1 heterocycles. The van der Waals surface area contributed by atoms with Gasteiger partial charge in [0, 0.05) is 4.90 Å². The molecule has 0 saturated heterocycles. The van der Waals surface area contributed by atoms with Crippen molar-refractivity contribution in [3.63, 3.8) is 0 Å². The SMILES string of the molecule is Cc1ccc(S(=O)(=O)Nc2ccccc2Sc2ccc(I)s2)cc1. The molecule has 0 unspecified atom stereocenters. The third kappa shape index (κ3) is 4.33. The molecule has 3 rings (SSSR count). The first kappa shape index (κ1) is 17.8. The standard InChI is InChI=1S/C17H14INO2S3/c1-12-6-8-13(9-7-12)24(20,21)19-14-4-2-3-5-15(14)22-17-11-10-16(18)23-17/h2-11,19H,1H3. The summed E-state index contributed by atoms with van der Waals surface area (Å²) in [6, 6.07) is 18.4. The Morgan fingerprint density at radius 2 is 1.71 bits per heavy atom. The maximum absolute atomic E-state index is 12.6. The lowest BCUT2D eigenvalue weighted by atomic mass is 10.2. The van der Waals surface area contributed by atoms with Crippen molar-refractivity contribution in [3.05, 3.63) is 69.1 Å². The zero-order valence-corrected chi connectivity index (χ0v) is 17.3. The van der Waals surface area contributed by atoms with Crippen molar-refractivity contribution in [2.75, 3.05) is 4.72 Å². The van der Waals surface area contributed by atoms with Gasteiger partial charge in [-0.15, -0.1) is 11.3 Å². The van der Waals surface area contributed by atoms with Gasteiger partial charge in [0.15, 0.2) is 0 Å². The predicted octanol–water partition coefficient (Wildman–Crippen LogP) is 5.61. The molecule has 0 atom stereocenters. The van der Waals surface area contributed by atoms with Crippen molar-refractivity contribution in [2.24, 2.45) is 0 Å². The number of hydrogen-bond acceptors (Lipinski definition) is 4. The summed E-state index contributed by atoms with van der Waals surface area (Å²) < 4.78 is 30.2. The second-order valence-corrected chi connectivity index (χ2v) is 11.1. The van der Waals surface area contributed by atoms with Crippen molar-refractivity contribution in [1.82, 2.24) is 0 Å². The van der Waals surface area contributed by atoms with Gasteiger partial charge in [-0.25, -0.2) is 8.42 Å². The third-order valence-electron chi connectivity index (χ3n) is 3.22. The quantitative estimate of drug-likeness (QED) is 0.476. The van der Waals surface area contributed by atoms with Crippen LogP contribution in [0.15, 0.2) is 74.7 Å². The van der Waals surface area contributed by atoms with Gasteiger partial charge in [0.25, 0.3) is 10.0 Å². The van der Waals surface area contributed by atoms with Crippen molar-refractivity contribution in [1.29, 1.82) is 0 Å². The lowest BCUT2D eigenvalue weighted by molar-refractivity contribution is 0.601. The maximum atomic E-state index is 12.6. The molecular weight excluding hydrogens is 473 g/mol. The molecule has 0 fully saturated rings. The van der Waals surface area contributed by atoms with Crippen LogP contribution in [0.2, 0.25) is 0 Å². The first-order chi connectivity index (χ1) is 11.4. The van der Waals surface area contributed by atoms with Crippen LogP contribution in [-0.4, -0.2) is 8.42 Å². The zero-order valence-electron chi connectivity index (χ0n) is 12.7. The fourth-order valence-electron chi connectivity index (χ4n) is 2.02. The summed E-state index contributed by atoms with van der Waals surface area (Å²) in [7, 11) is -3.60. The molecule has 7 heteroatoms. The van der Waals surface area contributed by atoms with Gasteiger partial charge in [-0.3, -0.25) is 4.72 Å². The molecule has 1 aromatic heterocycles. The molecule has 0 bridgehead atoms. The first-order valence-corrected chi connectivity index (χ1v) is 11.3. The first-order valence-electron chi connectivity index (χ1n) is 7.06. The second kappa shape index (κ2) is 7.47. The number of nitrogens with one attached hydrogen (secondary N) is 1. The van der Waals surface area contributed by atoms with Gasteiger partial charge < -0.3 is 0 Å². The fraction of sp³-hybridized carbons (Fsp3) is 0.0588. The number of sulfonamides is 1. The topological polar surface area (TPSA) is 46.2 Å². The van der Waals surface area contributed by atoms with Gasteiger partial charge in [-0.1, -0.05) is 41.6 Å². The molecule has 2 aromatic carbocycles. The van der Waals surface area contributed by atoms with E-state index in [1.165, 1.54) is 2.88 Å². The van der Waals surface area contributed by atoms with Crippen LogP contribution in [0.4, 0.5) is 5.69 Å². The van der Waals surface area contributed by atoms with E-state index in [1.807, 2.05) is 37.3 Å². The largest absolute Gasteiger partial charge is 0.278 e. The van der Waals surface area contributed by atoms with Gasteiger partial charge in [0.1, 0.15) is 0 Å². The molecule has 0 spiro atoms. The zero-order chi connectivity index (χ0) is 17.2. The molecule has 0 amide bonds. The highest BCUT2D eigenvalue weighted by molar-refractivity contribution is 14.1. The minimum absolute atomic E-state index is 0.263. The van der Waals surface area contributed by atoms with Gasteiger partial charge >= 0.3 is 0 Å². The second-order valence-electron chi connectivity index (χ2n) is 5.08. The number of hydrogen-bond donors (Lipinski definition) is 1. The minimum Gasteiger partial charge on any atom is -0.278 e. The normalized spacial score (nSPS) is 11.4. The Morgan fingerprint density at radius 1 is 1.00 bits per heavy atom. The van der Waals surface area contributed by atoms with Crippen molar-refractivity contribution in [2.45, 2.75) is 20.9 Å². The highest BCUT2D eigenvalue weighted by atomic mass is 127. The molecular formula is C17H14INO2S3. The summed E-state index contributed by atoms with van der Waals surface area (Å²) in [5, 5.41) is 0. The minimum atomic E-state index is -3.60. The van der Waals surface area contributed by atoms with Gasteiger partial charge in [0.05, 0.1) is 17.7 Å². The number of rotatable bonds is 5. The van der Waals surface area contributed by atoms with Crippen LogP contribution in [0.25, 0.3) is 0 Å². The van der Waals surface area contributed by atoms with Crippen LogP contribution < -0.4 is 4.72 Å². The van der Waals surface area contributed by atoms with Crippen LogP contribution in [0.1, 0.15) is 5.56 Å². The predicted molar refractivity (Wildman–Crippen MR) is 110 cm³/mol. The van der Waals surface area contributed by atoms with Gasteiger partial charge in [0.2, 0.25) is 0 Å². The van der Waals surface area contributed by atoms with Gasteiger partial charge in [-0.05, 0) is 65.9 Å². The Kier molecular flexibility index (Phi) is 5.53. The number of benzene rings is 2. The van der Waals surface area contributed by atoms with Crippen LogP contribution in [0, 0.1) is 9.81 Å². The molecule has 0 aliphatic carbocycles. The van der Waals surface area contributed by atoms with E-state index in [1.54, 1.807) is 53.4 Å². The Balaban J connectivity index is 1.88. The molecule has 24 heavy (non-hydrogen) atoms. The Bertz CT molecular complexity index is 950. The van der Waals surface area contributed by atoms with Crippen LogP contribution >= 0.6 is 45.7 Å². The molecule has 124 valence electrons. The average molecular weight is 487 g/mol. The van der Waals surface area contributed by atoms with E-state index < -0.39 is 10.0 Å². The van der Waals surface area contributed by atoms with Crippen molar-refractivity contribution < 1.29 is 8.42 Å². The van der Waals surface area contributed by atoms with E-state index in [4.69, 9.17) is 0 Å². The number of thiophene rings is 1. The lowest BCUT2D eigenvalue weighted by Gasteiger charge is -2.12. The number of anilines is 1. The van der Waals surface area contributed by atoms with Gasteiger partial charge in [-0.2, -0.15) is 0 Å². The van der Waals surface area contributed by atoms with E-state index in [2.05, 4.69) is 27.3 Å². The van der Waals surface area contributed by atoms with Crippen LogP contribution in [0.3, 0.4) is 0 Å². The number of para-hydroxylation sites is 1. The fourth-order valence-corrected chi connectivity index (χ4v) is 6.40. The van der Waals surface area contributed by atoms with Crippen LogP contribution in [0.5, 0.6) is 0 Å². The molecule has 0 saturated carbocycles. The monoisotopic (exact) mass is 487 g/mol. The van der Waals surface area contributed by atoms with E-state index in [-0.39, 0.29) is 4.90 Å². The summed E-state index contributed by atoms with van der Waals surface area (Å²) in [6.45, 7) is 1.93. The maximum Gasteiger partial charge on any atom is 0.261 e. The Labute approximate surface area is 163 Å². The highest BCUT2D eigenvalue weighted by Crippen LogP contribution is 2.38. The van der Waals surface area contributed by atoms with E-state index in [0.717, 1.165) is 14.7 Å². The highest BCUT2D eigenvalue weighted by Gasteiger charge is 2.16. The summed E-state index contributed by atoms with van der Waals surface area (Å²) in [4.78, 5) is 1.14. The van der Waals surface area contributed by atoms with Crippen LogP contribution in [-0.2, 0) is 10.0 Å². The molecule has 0 aliphatic heterocycles. The van der Waals surface area contributed by atoms with E-state index in [0.29, 0.717) is 5.69 Å². The van der Waals surface area contributed by atoms with Crippen molar-refractivity contribution in [3.8, 4) is 0 Å². The lowest BCUT2D eigenvalue weighted by Crippen LogP contribution is -2.13. The smallest absolute Gasteiger partial charge is 0.261 e. The molecule has 3 nitrogen and oxygen atoms in total. The van der Waals surface area contributed by atoms with E-state index >= 15 is 0 Å². The molecule has 3 aromatic rings. The molecule has 0 radical (unpaired) electrons. The summed E-state index contributed by atoms with van der Waals surface area (Å²) >= 11 is 5.52. The Morgan fingerprint density at radius 3 is 2.38 bits per heavy atom. The summed E-state index contributed by atoms with van der Waals surface area (Å²) in [5.41, 5.74) is 1.61. The Hall–Kier alpha value is -1.03. The van der Waals surface area contributed by atoms with Crippen molar-refractivity contribution >= 4 is 61.4 Å². The third-order valence-corrected chi connectivity index (χ3v) is 7.70. The number of halogens is 1. The molecule has 1 N–H and O–H groups in total. The molecule has 0 aliphatic rings. The number of aryl methyl sites for hydroxylation is 1. The van der Waals surface area contributed by atoms with E-state index in [9.17, 15) is 8.42 Å².